The molecule has 0 saturated heterocycles. The number of nitrogens with one attached hydrogen (secondary N) is 2. The fourth-order valence-corrected chi connectivity index (χ4v) is 2.03. The van der Waals surface area contributed by atoms with Crippen LogP contribution in [0.5, 0.6) is 0 Å². The molecule has 0 bridgehead atoms. The molecule has 1 heterocycles. The molecule has 0 fully saturated rings. The van der Waals surface area contributed by atoms with E-state index in [4.69, 9.17) is 9.15 Å². The van der Waals surface area contributed by atoms with Crippen molar-refractivity contribution in [2.45, 2.75) is 26.5 Å². The molecular weight excluding hydrogens is 296 g/mol. The Morgan fingerprint density at radius 3 is 2.57 bits per heavy atom. The van der Waals surface area contributed by atoms with Crippen LogP contribution in [0, 0.1) is 0 Å². The minimum atomic E-state index is -0.419. The highest BCUT2D eigenvalue weighted by atomic mass is 16.5. The molecule has 23 heavy (non-hydrogen) atoms. The van der Waals surface area contributed by atoms with Crippen LogP contribution in [-0.2, 0) is 11.3 Å². The molecule has 1 aromatic heterocycles. The van der Waals surface area contributed by atoms with Crippen LogP contribution in [-0.4, -0.2) is 25.0 Å². The summed E-state index contributed by atoms with van der Waals surface area (Å²) in [7, 11) is 1.55. The summed E-state index contributed by atoms with van der Waals surface area (Å²) in [5.41, 5.74) is 0.832. The first-order chi connectivity index (χ1) is 11.0. The maximum atomic E-state index is 12.3. The van der Waals surface area contributed by atoms with Crippen molar-refractivity contribution in [3.05, 3.63) is 53.5 Å². The molecule has 0 aliphatic heterocycles. The molecule has 2 rings (SSSR count). The van der Waals surface area contributed by atoms with Gasteiger partial charge in [0.1, 0.15) is 12.4 Å². The summed E-state index contributed by atoms with van der Waals surface area (Å²) >= 11 is 0. The molecule has 0 spiro atoms. The lowest BCUT2D eigenvalue weighted by atomic mass is 10.1. The molecule has 6 nitrogen and oxygen atoms in total. The molecule has 0 saturated carbocycles. The monoisotopic (exact) mass is 316 g/mol. The Morgan fingerprint density at radius 2 is 1.87 bits per heavy atom. The molecular formula is C17H20N2O4. The fraction of sp³-hybridized carbons (Fsp3) is 0.294. The van der Waals surface area contributed by atoms with Gasteiger partial charge in [0.25, 0.3) is 11.8 Å². The zero-order valence-electron chi connectivity index (χ0n) is 13.4. The molecule has 0 atom stereocenters. The van der Waals surface area contributed by atoms with E-state index in [-0.39, 0.29) is 17.7 Å². The number of hydrogen-bond donors (Lipinski definition) is 2. The van der Waals surface area contributed by atoms with E-state index >= 15 is 0 Å². The number of carbonyl (C=O) groups is 2. The number of ether oxygens (including phenoxy) is 1. The van der Waals surface area contributed by atoms with Crippen LogP contribution in [0.1, 0.15) is 40.5 Å². The van der Waals surface area contributed by atoms with Gasteiger partial charge in [-0.2, -0.15) is 0 Å². The van der Waals surface area contributed by atoms with Crippen molar-refractivity contribution in [3.8, 4) is 0 Å². The number of methoxy groups -OCH3 is 1. The Balaban J connectivity index is 2.15. The van der Waals surface area contributed by atoms with Gasteiger partial charge in [0.05, 0.1) is 11.3 Å². The van der Waals surface area contributed by atoms with E-state index in [0.717, 1.165) is 0 Å². The summed E-state index contributed by atoms with van der Waals surface area (Å²) in [5.74, 6) is 0.0622. The van der Waals surface area contributed by atoms with Crippen molar-refractivity contribution < 1.29 is 18.7 Å². The van der Waals surface area contributed by atoms with Crippen molar-refractivity contribution in [1.29, 1.82) is 0 Å². The Labute approximate surface area is 134 Å². The SMILES string of the molecule is COCc1ccc(C(=O)Nc2ccccc2C(=O)NC(C)C)o1. The summed E-state index contributed by atoms with van der Waals surface area (Å²) in [6.07, 6.45) is 0. The lowest BCUT2D eigenvalue weighted by molar-refractivity contribution is 0.0944. The lowest BCUT2D eigenvalue weighted by Gasteiger charge is -2.12. The van der Waals surface area contributed by atoms with E-state index in [2.05, 4.69) is 10.6 Å². The number of anilines is 1. The summed E-state index contributed by atoms with van der Waals surface area (Å²) < 4.78 is 10.3. The third-order valence-electron chi connectivity index (χ3n) is 3.01. The molecule has 0 radical (unpaired) electrons. The van der Waals surface area contributed by atoms with E-state index in [1.807, 2.05) is 13.8 Å². The van der Waals surface area contributed by atoms with Gasteiger partial charge in [-0.25, -0.2) is 0 Å². The van der Waals surface area contributed by atoms with Crippen molar-refractivity contribution >= 4 is 17.5 Å². The highest BCUT2D eigenvalue weighted by Crippen LogP contribution is 2.17. The number of rotatable bonds is 6. The van der Waals surface area contributed by atoms with Gasteiger partial charge in [0.15, 0.2) is 5.76 Å². The van der Waals surface area contributed by atoms with Gasteiger partial charge in [0.2, 0.25) is 0 Å². The zero-order chi connectivity index (χ0) is 16.8. The van der Waals surface area contributed by atoms with Gasteiger partial charge in [-0.1, -0.05) is 12.1 Å². The first kappa shape index (κ1) is 16.8. The highest BCUT2D eigenvalue weighted by Gasteiger charge is 2.16. The molecule has 0 aliphatic rings. The molecule has 122 valence electrons. The first-order valence-electron chi connectivity index (χ1n) is 7.30. The zero-order valence-corrected chi connectivity index (χ0v) is 13.4. The highest BCUT2D eigenvalue weighted by molar-refractivity contribution is 6.07. The normalized spacial score (nSPS) is 10.6. The molecule has 1 aromatic carbocycles. The molecule has 2 aromatic rings. The summed E-state index contributed by atoms with van der Waals surface area (Å²) in [5, 5.41) is 5.51. The number of amides is 2. The van der Waals surface area contributed by atoms with Gasteiger partial charge in [0, 0.05) is 13.2 Å². The second kappa shape index (κ2) is 7.60. The van der Waals surface area contributed by atoms with Crippen LogP contribution in [0.3, 0.4) is 0 Å². The molecule has 0 unspecified atom stereocenters. The lowest BCUT2D eigenvalue weighted by Crippen LogP contribution is -2.31. The quantitative estimate of drug-likeness (QED) is 0.858. The summed E-state index contributed by atoms with van der Waals surface area (Å²) in [6, 6.07) is 10.1. The Kier molecular flexibility index (Phi) is 5.54. The minimum Gasteiger partial charge on any atom is -0.453 e. The van der Waals surface area contributed by atoms with E-state index in [9.17, 15) is 9.59 Å². The predicted molar refractivity (Wildman–Crippen MR) is 86.4 cm³/mol. The topological polar surface area (TPSA) is 80.6 Å². The van der Waals surface area contributed by atoms with Crippen LogP contribution in [0.15, 0.2) is 40.8 Å². The van der Waals surface area contributed by atoms with E-state index in [1.54, 1.807) is 43.5 Å². The Morgan fingerprint density at radius 1 is 1.13 bits per heavy atom. The Bertz CT molecular complexity index is 691. The maximum Gasteiger partial charge on any atom is 0.291 e. The van der Waals surface area contributed by atoms with Crippen LogP contribution in [0.25, 0.3) is 0 Å². The van der Waals surface area contributed by atoms with Gasteiger partial charge in [-0.05, 0) is 38.1 Å². The fourth-order valence-electron chi connectivity index (χ4n) is 2.03. The van der Waals surface area contributed by atoms with Crippen molar-refractivity contribution in [2.24, 2.45) is 0 Å². The van der Waals surface area contributed by atoms with Gasteiger partial charge >= 0.3 is 0 Å². The maximum absolute atomic E-state index is 12.3. The molecule has 6 heteroatoms. The molecule has 0 aliphatic carbocycles. The average Bonchev–Trinajstić information content (AvgIpc) is 2.96. The minimum absolute atomic E-state index is 0.00735. The van der Waals surface area contributed by atoms with E-state index in [0.29, 0.717) is 23.6 Å². The smallest absolute Gasteiger partial charge is 0.291 e. The van der Waals surface area contributed by atoms with Crippen LogP contribution >= 0.6 is 0 Å². The summed E-state index contributed by atoms with van der Waals surface area (Å²) in [6.45, 7) is 4.04. The van der Waals surface area contributed by atoms with Crippen molar-refractivity contribution in [3.63, 3.8) is 0 Å². The molecule has 2 amide bonds. The number of carbonyl (C=O) groups excluding carboxylic acids is 2. The van der Waals surface area contributed by atoms with Gasteiger partial charge < -0.3 is 19.8 Å². The number of para-hydroxylation sites is 1. The standard InChI is InChI=1S/C17H20N2O4/c1-11(2)18-16(20)13-6-4-5-7-14(13)19-17(21)15-9-8-12(23-15)10-22-3/h4-9,11H,10H2,1-3H3,(H,18,20)(H,19,21). The first-order valence-corrected chi connectivity index (χ1v) is 7.30. The van der Waals surface area contributed by atoms with Crippen molar-refractivity contribution in [1.82, 2.24) is 5.32 Å². The van der Waals surface area contributed by atoms with Crippen LogP contribution in [0.4, 0.5) is 5.69 Å². The number of benzene rings is 1. The summed E-state index contributed by atoms with van der Waals surface area (Å²) in [4.78, 5) is 24.4. The average molecular weight is 316 g/mol. The number of hydrogen-bond acceptors (Lipinski definition) is 4. The second-order valence-electron chi connectivity index (χ2n) is 5.33. The van der Waals surface area contributed by atoms with E-state index < -0.39 is 5.91 Å². The van der Waals surface area contributed by atoms with Gasteiger partial charge in [-0.15, -0.1) is 0 Å². The second-order valence-corrected chi connectivity index (χ2v) is 5.33. The number of furan rings is 1. The van der Waals surface area contributed by atoms with Crippen LogP contribution in [0.2, 0.25) is 0 Å². The van der Waals surface area contributed by atoms with Gasteiger partial charge in [-0.3, -0.25) is 9.59 Å². The third-order valence-corrected chi connectivity index (χ3v) is 3.01. The van der Waals surface area contributed by atoms with Crippen molar-refractivity contribution in [2.75, 3.05) is 12.4 Å². The van der Waals surface area contributed by atoms with Crippen LogP contribution < -0.4 is 10.6 Å². The third kappa shape index (κ3) is 4.43. The predicted octanol–water partition coefficient (Wildman–Crippen LogP) is 2.82. The molecule has 2 N–H and O–H groups in total. The largest absolute Gasteiger partial charge is 0.453 e. The Hall–Kier alpha value is -2.60. The van der Waals surface area contributed by atoms with E-state index in [1.165, 1.54) is 0 Å².